The van der Waals surface area contributed by atoms with Gasteiger partial charge in [0.1, 0.15) is 11.5 Å². The number of hydrogen-bond donors (Lipinski definition) is 2. The van der Waals surface area contributed by atoms with Crippen LogP contribution in [0.2, 0.25) is 0 Å². The van der Waals surface area contributed by atoms with Crippen molar-refractivity contribution in [2.45, 2.75) is 46.0 Å². The van der Waals surface area contributed by atoms with Gasteiger partial charge in [-0.25, -0.2) is 0 Å². The van der Waals surface area contributed by atoms with Crippen molar-refractivity contribution in [3.8, 4) is 0 Å². The molecule has 19 heavy (non-hydrogen) atoms. The highest BCUT2D eigenvalue weighted by Gasteiger charge is 2.12. The second-order valence-electron chi connectivity index (χ2n) is 4.64. The fourth-order valence-electron chi connectivity index (χ4n) is 1.91. The van der Waals surface area contributed by atoms with Gasteiger partial charge in [0.05, 0.1) is 5.56 Å². The lowest BCUT2D eigenvalue weighted by atomic mass is 10.1. The molecule has 0 aliphatic heterocycles. The standard InChI is InChI=1S/C14H21NO4/c1-10-9-12(11(2)19-10)14(18)15-8-6-4-3-5-7-13(16)17/h9H,3-8H2,1-2H3,(H,15,18)(H,16,17). The Morgan fingerprint density at radius 2 is 1.89 bits per heavy atom. The summed E-state index contributed by atoms with van der Waals surface area (Å²) >= 11 is 0. The van der Waals surface area contributed by atoms with E-state index in [1.54, 1.807) is 13.0 Å². The van der Waals surface area contributed by atoms with E-state index in [0.29, 0.717) is 24.3 Å². The number of carboxylic acid groups (broad SMARTS) is 1. The summed E-state index contributed by atoms with van der Waals surface area (Å²) in [5.74, 6) is 0.506. The second kappa shape index (κ2) is 7.61. The third-order valence-electron chi connectivity index (χ3n) is 2.89. The van der Waals surface area contributed by atoms with E-state index in [1.165, 1.54) is 0 Å². The molecule has 1 amide bonds. The van der Waals surface area contributed by atoms with E-state index in [0.717, 1.165) is 25.0 Å². The average Bonchev–Trinajstić information content (AvgIpc) is 2.66. The number of carbonyl (C=O) groups is 2. The molecule has 1 heterocycles. The smallest absolute Gasteiger partial charge is 0.303 e. The van der Waals surface area contributed by atoms with Crippen LogP contribution < -0.4 is 5.32 Å². The summed E-state index contributed by atoms with van der Waals surface area (Å²) in [7, 11) is 0. The summed E-state index contributed by atoms with van der Waals surface area (Å²) < 4.78 is 5.30. The minimum absolute atomic E-state index is 0.111. The van der Waals surface area contributed by atoms with Crippen molar-refractivity contribution in [1.29, 1.82) is 0 Å². The Morgan fingerprint density at radius 1 is 1.21 bits per heavy atom. The lowest BCUT2D eigenvalue weighted by Gasteiger charge is -2.04. The van der Waals surface area contributed by atoms with Crippen LogP contribution in [-0.4, -0.2) is 23.5 Å². The first-order valence-electron chi connectivity index (χ1n) is 6.57. The van der Waals surface area contributed by atoms with Crippen molar-refractivity contribution in [3.05, 3.63) is 23.2 Å². The number of nitrogens with one attached hydrogen (secondary N) is 1. The zero-order chi connectivity index (χ0) is 14.3. The molecule has 0 unspecified atom stereocenters. The first kappa shape index (κ1) is 15.3. The minimum Gasteiger partial charge on any atom is -0.481 e. The van der Waals surface area contributed by atoms with Crippen LogP contribution in [0.25, 0.3) is 0 Å². The lowest BCUT2D eigenvalue weighted by Crippen LogP contribution is -2.24. The maximum atomic E-state index is 11.8. The van der Waals surface area contributed by atoms with Crippen LogP contribution in [0, 0.1) is 13.8 Å². The van der Waals surface area contributed by atoms with Crippen molar-refractivity contribution in [2.75, 3.05) is 6.54 Å². The first-order chi connectivity index (χ1) is 9.00. The Bertz CT molecular complexity index is 437. The van der Waals surface area contributed by atoms with E-state index in [4.69, 9.17) is 9.52 Å². The molecule has 5 nitrogen and oxygen atoms in total. The number of aryl methyl sites for hydroxylation is 2. The maximum absolute atomic E-state index is 11.8. The topological polar surface area (TPSA) is 79.5 Å². The van der Waals surface area contributed by atoms with Crippen LogP contribution in [0.4, 0.5) is 0 Å². The molecule has 2 N–H and O–H groups in total. The van der Waals surface area contributed by atoms with Gasteiger partial charge in [-0.15, -0.1) is 0 Å². The van der Waals surface area contributed by atoms with E-state index in [-0.39, 0.29) is 12.3 Å². The van der Waals surface area contributed by atoms with Crippen LogP contribution in [0.1, 0.15) is 54.0 Å². The van der Waals surface area contributed by atoms with Crippen LogP contribution in [0.15, 0.2) is 10.5 Å². The zero-order valence-electron chi connectivity index (χ0n) is 11.5. The van der Waals surface area contributed by atoms with Crippen LogP contribution in [-0.2, 0) is 4.79 Å². The normalized spacial score (nSPS) is 10.4. The fourth-order valence-corrected chi connectivity index (χ4v) is 1.91. The third kappa shape index (κ3) is 5.59. The molecule has 0 aliphatic carbocycles. The predicted molar refractivity (Wildman–Crippen MR) is 71.2 cm³/mol. The Morgan fingerprint density at radius 3 is 2.47 bits per heavy atom. The molecule has 106 valence electrons. The number of furan rings is 1. The monoisotopic (exact) mass is 267 g/mol. The van der Waals surface area contributed by atoms with E-state index < -0.39 is 5.97 Å². The highest BCUT2D eigenvalue weighted by atomic mass is 16.4. The zero-order valence-corrected chi connectivity index (χ0v) is 11.5. The van der Waals surface area contributed by atoms with E-state index >= 15 is 0 Å². The molecule has 0 fully saturated rings. The first-order valence-corrected chi connectivity index (χ1v) is 6.57. The van der Waals surface area contributed by atoms with Gasteiger partial charge in [-0.1, -0.05) is 12.8 Å². The molecule has 0 spiro atoms. The molecule has 0 radical (unpaired) electrons. The number of amides is 1. The molecule has 5 heteroatoms. The third-order valence-corrected chi connectivity index (χ3v) is 2.89. The molecule has 0 atom stereocenters. The van der Waals surface area contributed by atoms with Gasteiger partial charge >= 0.3 is 5.97 Å². The van der Waals surface area contributed by atoms with E-state index in [1.807, 2.05) is 6.92 Å². The summed E-state index contributed by atoms with van der Waals surface area (Å²) in [5.41, 5.74) is 0.586. The van der Waals surface area contributed by atoms with Crippen molar-refractivity contribution in [2.24, 2.45) is 0 Å². The summed E-state index contributed by atoms with van der Waals surface area (Å²) in [6.07, 6.45) is 3.59. The molecular weight excluding hydrogens is 246 g/mol. The fraction of sp³-hybridized carbons (Fsp3) is 0.571. The van der Waals surface area contributed by atoms with Gasteiger partial charge < -0.3 is 14.8 Å². The Hall–Kier alpha value is -1.78. The number of carbonyl (C=O) groups excluding carboxylic acids is 1. The van der Waals surface area contributed by atoms with Crippen LogP contribution >= 0.6 is 0 Å². The van der Waals surface area contributed by atoms with Gasteiger partial charge in [-0.3, -0.25) is 9.59 Å². The summed E-state index contributed by atoms with van der Waals surface area (Å²) in [6.45, 7) is 4.19. The van der Waals surface area contributed by atoms with Gasteiger partial charge in [0.15, 0.2) is 0 Å². The van der Waals surface area contributed by atoms with Crippen molar-refractivity contribution < 1.29 is 19.1 Å². The molecule has 0 bridgehead atoms. The van der Waals surface area contributed by atoms with Gasteiger partial charge in [0.25, 0.3) is 5.91 Å². The van der Waals surface area contributed by atoms with Gasteiger partial charge in [0.2, 0.25) is 0 Å². The molecular formula is C14H21NO4. The van der Waals surface area contributed by atoms with Gasteiger partial charge in [0, 0.05) is 13.0 Å². The minimum atomic E-state index is -0.751. The molecule has 1 aromatic rings. The van der Waals surface area contributed by atoms with Gasteiger partial charge in [-0.2, -0.15) is 0 Å². The van der Waals surface area contributed by atoms with Crippen LogP contribution in [0.5, 0.6) is 0 Å². The summed E-state index contributed by atoms with van der Waals surface area (Å²) in [4.78, 5) is 22.1. The van der Waals surface area contributed by atoms with Crippen molar-refractivity contribution in [1.82, 2.24) is 5.32 Å². The number of hydrogen-bond acceptors (Lipinski definition) is 3. The summed E-state index contributed by atoms with van der Waals surface area (Å²) in [5, 5.41) is 11.3. The Kier molecular flexibility index (Phi) is 6.12. The molecule has 0 aromatic carbocycles. The SMILES string of the molecule is Cc1cc(C(=O)NCCCCCCC(=O)O)c(C)o1. The number of rotatable bonds is 8. The Balaban J connectivity index is 2.14. The lowest BCUT2D eigenvalue weighted by molar-refractivity contribution is -0.137. The maximum Gasteiger partial charge on any atom is 0.303 e. The van der Waals surface area contributed by atoms with Gasteiger partial charge in [-0.05, 0) is 32.8 Å². The largest absolute Gasteiger partial charge is 0.481 e. The number of aliphatic carboxylic acids is 1. The molecule has 0 saturated heterocycles. The average molecular weight is 267 g/mol. The molecule has 0 saturated carbocycles. The van der Waals surface area contributed by atoms with Crippen LogP contribution in [0.3, 0.4) is 0 Å². The van der Waals surface area contributed by atoms with Crippen molar-refractivity contribution in [3.63, 3.8) is 0 Å². The molecule has 1 rings (SSSR count). The van der Waals surface area contributed by atoms with E-state index in [9.17, 15) is 9.59 Å². The summed E-state index contributed by atoms with van der Waals surface area (Å²) in [6, 6.07) is 1.73. The highest BCUT2D eigenvalue weighted by Crippen LogP contribution is 2.13. The number of unbranched alkanes of at least 4 members (excludes halogenated alkanes) is 3. The second-order valence-corrected chi connectivity index (χ2v) is 4.64. The highest BCUT2D eigenvalue weighted by molar-refractivity contribution is 5.95. The Labute approximate surface area is 113 Å². The molecule has 1 aromatic heterocycles. The van der Waals surface area contributed by atoms with Crippen molar-refractivity contribution >= 4 is 11.9 Å². The quantitative estimate of drug-likeness (QED) is 0.710. The number of carboxylic acids is 1. The molecule has 0 aliphatic rings. The predicted octanol–water partition coefficient (Wildman–Crippen LogP) is 2.66. The van der Waals surface area contributed by atoms with E-state index in [2.05, 4.69) is 5.32 Å².